The van der Waals surface area contributed by atoms with Crippen LogP contribution in [-0.2, 0) is 11.3 Å². The van der Waals surface area contributed by atoms with Crippen LogP contribution in [0.5, 0.6) is 0 Å². The zero-order valence-electron chi connectivity index (χ0n) is 6.65. The van der Waals surface area contributed by atoms with Crippen molar-refractivity contribution in [3.63, 3.8) is 0 Å². The van der Waals surface area contributed by atoms with Crippen molar-refractivity contribution in [1.82, 2.24) is 5.16 Å². The number of rotatable bonds is 3. The lowest BCUT2D eigenvalue weighted by molar-refractivity contribution is -0.138. The number of carboxylic acids is 1. The third-order valence-corrected chi connectivity index (χ3v) is 1.70. The number of aliphatic carboxylic acids is 1. The maximum atomic E-state index is 10.6. The van der Waals surface area contributed by atoms with E-state index in [0.717, 1.165) is 0 Å². The molecule has 3 N–H and O–H groups in total. The van der Waals surface area contributed by atoms with E-state index in [9.17, 15) is 4.79 Å². The second-order valence-corrected chi connectivity index (χ2v) is 2.47. The summed E-state index contributed by atoms with van der Waals surface area (Å²) in [6.45, 7) is 1.74. The summed E-state index contributed by atoms with van der Waals surface area (Å²) < 4.78 is 4.75. The predicted octanol–water partition coefficient (Wildman–Crippen LogP) is 0.321. The first-order valence-corrected chi connectivity index (χ1v) is 3.53. The van der Waals surface area contributed by atoms with Crippen LogP contribution >= 0.6 is 0 Å². The lowest BCUT2D eigenvalue weighted by Gasteiger charge is -2.02. The van der Waals surface area contributed by atoms with Crippen LogP contribution in [0.4, 0.5) is 0 Å². The molecule has 0 saturated carbocycles. The van der Waals surface area contributed by atoms with E-state index in [1.54, 1.807) is 6.92 Å². The lowest BCUT2D eigenvalue weighted by Crippen LogP contribution is -2.09. The number of hydrogen-bond donors (Lipinski definition) is 2. The molecule has 1 atom stereocenters. The minimum atomic E-state index is -0.909. The fourth-order valence-electron chi connectivity index (χ4n) is 0.913. The number of carboxylic acid groups (broad SMARTS) is 1. The van der Waals surface area contributed by atoms with Gasteiger partial charge in [0.2, 0.25) is 0 Å². The van der Waals surface area contributed by atoms with Gasteiger partial charge in [-0.1, -0.05) is 5.16 Å². The molecule has 0 radical (unpaired) electrons. The van der Waals surface area contributed by atoms with Crippen molar-refractivity contribution < 1.29 is 14.4 Å². The molecule has 0 fully saturated rings. The third kappa shape index (κ3) is 1.45. The second kappa shape index (κ2) is 3.36. The third-order valence-electron chi connectivity index (χ3n) is 1.70. The largest absolute Gasteiger partial charge is 0.481 e. The molecule has 5 heteroatoms. The Kier molecular flexibility index (Phi) is 2.44. The molecule has 1 aromatic heterocycles. The van der Waals surface area contributed by atoms with Crippen LogP contribution in [-0.4, -0.2) is 16.2 Å². The minimum absolute atomic E-state index is 0.174. The molecular weight excluding hydrogens is 160 g/mol. The summed E-state index contributed by atoms with van der Waals surface area (Å²) in [5.41, 5.74) is 5.85. The molecule has 0 saturated heterocycles. The highest BCUT2D eigenvalue weighted by molar-refractivity contribution is 5.75. The molecule has 1 heterocycles. The van der Waals surface area contributed by atoms with Crippen molar-refractivity contribution >= 4 is 5.97 Å². The Balaban J connectivity index is 2.93. The van der Waals surface area contributed by atoms with Gasteiger partial charge in [0.25, 0.3) is 0 Å². The van der Waals surface area contributed by atoms with Crippen LogP contribution in [0.3, 0.4) is 0 Å². The van der Waals surface area contributed by atoms with Gasteiger partial charge in [0, 0.05) is 5.56 Å². The van der Waals surface area contributed by atoms with Gasteiger partial charge in [0.1, 0.15) is 0 Å². The normalized spacial score (nSPS) is 12.8. The van der Waals surface area contributed by atoms with Crippen LogP contribution in [0.15, 0.2) is 10.7 Å². The van der Waals surface area contributed by atoms with Gasteiger partial charge in [-0.3, -0.25) is 4.79 Å². The highest BCUT2D eigenvalue weighted by Gasteiger charge is 2.19. The van der Waals surface area contributed by atoms with Crippen molar-refractivity contribution in [1.29, 1.82) is 0 Å². The van der Waals surface area contributed by atoms with E-state index in [1.807, 2.05) is 0 Å². The zero-order valence-corrected chi connectivity index (χ0v) is 6.65. The van der Waals surface area contributed by atoms with E-state index in [2.05, 4.69) is 5.16 Å². The summed E-state index contributed by atoms with van der Waals surface area (Å²) in [5.74, 6) is -1.09. The number of nitrogens with two attached hydrogens (primary N) is 1. The number of carbonyl (C=O) groups is 1. The van der Waals surface area contributed by atoms with E-state index < -0.39 is 11.9 Å². The minimum Gasteiger partial charge on any atom is -0.481 e. The fraction of sp³-hybridized carbons (Fsp3) is 0.429. The molecule has 5 nitrogen and oxygen atoms in total. The Labute approximate surface area is 69.2 Å². The van der Waals surface area contributed by atoms with Crippen LogP contribution in [0, 0.1) is 0 Å². The standard InChI is InChI=1S/C7H10N2O3/c1-4(7(10)11)5-3-9-12-6(5)2-8/h3-4H,2,8H2,1H3,(H,10,11). The van der Waals surface area contributed by atoms with Crippen molar-refractivity contribution in [2.75, 3.05) is 0 Å². The van der Waals surface area contributed by atoms with Crippen LogP contribution in [0.25, 0.3) is 0 Å². The van der Waals surface area contributed by atoms with Crippen LogP contribution in [0.2, 0.25) is 0 Å². The number of hydrogen-bond acceptors (Lipinski definition) is 4. The first kappa shape index (κ1) is 8.73. The quantitative estimate of drug-likeness (QED) is 0.681. The van der Waals surface area contributed by atoms with Crippen molar-refractivity contribution in [3.05, 3.63) is 17.5 Å². The van der Waals surface area contributed by atoms with Gasteiger partial charge in [0.05, 0.1) is 18.7 Å². The molecule has 66 valence electrons. The molecule has 0 aromatic carbocycles. The smallest absolute Gasteiger partial charge is 0.310 e. The molecular formula is C7H10N2O3. The molecule has 0 aliphatic heterocycles. The molecule has 1 unspecified atom stereocenters. The van der Waals surface area contributed by atoms with Gasteiger partial charge >= 0.3 is 5.97 Å². The molecule has 0 aliphatic rings. The molecule has 1 rings (SSSR count). The zero-order chi connectivity index (χ0) is 9.14. The Morgan fingerprint density at radius 3 is 3.08 bits per heavy atom. The van der Waals surface area contributed by atoms with Gasteiger partial charge in [-0.05, 0) is 6.92 Å². The van der Waals surface area contributed by atoms with Crippen LogP contribution < -0.4 is 5.73 Å². The molecule has 0 spiro atoms. The van der Waals surface area contributed by atoms with Gasteiger partial charge in [-0.2, -0.15) is 0 Å². The topological polar surface area (TPSA) is 89.3 Å². The molecule has 1 aromatic rings. The van der Waals surface area contributed by atoms with E-state index in [0.29, 0.717) is 11.3 Å². The van der Waals surface area contributed by atoms with Crippen molar-refractivity contribution in [3.8, 4) is 0 Å². The fourth-order valence-corrected chi connectivity index (χ4v) is 0.913. The summed E-state index contributed by atoms with van der Waals surface area (Å²) in [4.78, 5) is 10.6. The second-order valence-electron chi connectivity index (χ2n) is 2.47. The Bertz CT molecular complexity index is 282. The Hall–Kier alpha value is -1.36. The molecule has 0 bridgehead atoms. The maximum Gasteiger partial charge on any atom is 0.310 e. The average molecular weight is 170 g/mol. The van der Waals surface area contributed by atoms with Crippen molar-refractivity contribution in [2.45, 2.75) is 19.4 Å². The maximum absolute atomic E-state index is 10.6. The van der Waals surface area contributed by atoms with Gasteiger partial charge in [0.15, 0.2) is 5.76 Å². The summed E-state index contributed by atoms with van der Waals surface area (Å²) in [6, 6.07) is 0. The summed E-state index contributed by atoms with van der Waals surface area (Å²) in [5, 5.41) is 12.1. The van der Waals surface area contributed by atoms with Gasteiger partial charge < -0.3 is 15.4 Å². The first-order chi connectivity index (χ1) is 5.66. The van der Waals surface area contributed by atoms with E-state index in [-0.39, 0.29) is 6.54 Å². The van der Waals surface area contributed by atoms with Gasteiger partial charge in [-0.25, -0.2) is 0 Å². The average Bonchev–Trinajstić information content (AvgIpc) is 2.49. The molecule has 0 aliphatic carbocycles. The van der Waals surface area contributed by atoms with Crippen LogP contribution in [0.1, 0.15) is 24.2 Å². The molecule has 12 heavy (non-hydrogen) atoms. The van der Waals surface area contributed by atoms with Crippen molar-refractivity contribution in [2.24, 2.45) is 5.73 Å². The van der Waals surface area contributed by atoms with E-state index in [1.165, 1.54) is 6.20 Å². The Morgan fingerprint density at radius 2 is 2.58 bits per heavy atom. The SMILES string of the molecule is CC(C(=O)O)c1cnoc1CN. The number of aromatic nitrogens is 1. The predicted molar refractivity (Wildman–Crippen MR) is 40.4 cm³/mol. The molecule has 0 amide bonds. The lowest BCUT2D eigenvalue weighted by atomic mass is 10.0. The summed E-state index contributed by atoms with van der Waals surface area (Å²) in [7, 11) is 0. The highest BCUT2D eigenvalue weighted by atomic mass is 16.5. The summed E-state index contributed by atoms with van der Waals surface area (Å²) >= 11 is 0. The highest BCUT2D eigenvalue weighted by Crippen LogP contribution is 2.18. The Morgan fingerprint density at radius 1 is 1.92 bits per heavy atom. The van der Waals surface area contributed by atoms with Gasteiger partial charge in [-0.15, -0.1) is 0 Å². The number of nitrogens with zero attached hydrogens (tertiary/aromatic N) is 1. The monoisotopic (exact) mass is 170 g/mol. The van der Waals surface area contributed by atoms with E-state index in [4.69, 9.17) is 15.4 Å². The summed E-state index contributed by atoms with van der Waals surface area (Å²) in [6.07, 6.45) is 1.39. The first-order valence-electron chi connectivity index (χ1n) is 3.53. The van der Waals surface area contributed by atoms with E-state index >= 15 is 0 Å².